The van der Waals surface area contributed by atoms with Crippen LogP contribution in [0.3, 0.4) is 0 Å². The van der Waals surface area contributed by atoms with Gasteiger partial charge in [0.1, 0.15) is 11.6 Å². The van der Waals surface area contributed by atoms with Crippen LogP contribution in [-0.4, -0.2) is 18.9 Å². The second-order valence-corrected chi connectivity index (χ2v) is 4.40. The van der Waals surface area contributed by atoms with Gasteiger partial charge in [-0.25, -0.2) is 4.79 Å². The van der Waals surface area contributed by atoms with Crippen LogP contribution >= 0.6 is 11.6 Å². The zero-order valence-corrected chi connectivity index (χ0v) is 10.2. The largest absolute Gasteiger partial charge is 0.427 e. The molecule has 3 nitrogen and oxygen atoms in total. The highest BCUT2D eigenvalue weighted by molar-refractivity contribution is 6.42. The van der Waals surface area contributed by atoms with Gasteiger partial charge in [-0.3, -0.25) is 0 Å². The molecule has 1 rings (SSSR count). The van der Waals surface area contributed by atoms with E-state index in [-0.39, 0.29) is 11.6 Å². The Morgan fingerprint density at radius 3 is 2.88 bits per heavy atom. The van der Waals surface area contributed by atoms with E-state index < -0.39 is 12.3 Å². The molecule has 0 spiro atoms. The summed E-state index contributed by atoms with van der Waals surface area (Å²) in [5.41, 5.74) is 0.704. The third-order valence-electron chi connectivity index (χ3n) is 2.27. The number of halogens is 1. The van der Waals surface area contributed by atoms with Crippen molar-refractivity contribution < 1.29 is 14.3 Å². The van der Waals surface area contributed by atoms with Crippen LogP contribution in [0.25, 0.3) is 0 Å². The van der Waals surface area contributed by atoms with Gasteiger partial charge in [0.15, 0.2) is 0 Å². The molecule has 0 aliphatic carbocycles. The predicted molar refractivity (Wildman–Crippen MR) is 61.6 cm³/mol. The van der Waals surface area contributed by atoms with Crippen molar-refractivity contribution in [2.75, 3.05) is 6.61 Å². The second-order valence-electron chi connectivity index (χ2n) is 4.02. The van der Waals surface area contributed by atoms with E-state index >= 15 is 0 Å². The Hall–Kier alpha value is -0.980. The molecule has 0 amide bonds. The van der Waals surface area contributed by atoms with Crippen molar-refractivity contribution in [1.29, 1.82) is 0 Å². The number of carbonyl (C=O) groups is 1. The molecule has 0 bridgehead atoms. The number of hydrogen-bond acceptors (Lipinski definition) is 3. The Morgan fingerprint density at radius 2 is 2.31 bits per heavy atom. The SMILES string of the molecule is C#CCOC1OC(=O)C(Cl)=C1CCC(C)C. The van der Waals surface area contributed by atoms with E-state index in [0.717, 1.165) is 6.42 Å². The highest BCUT2D eigenvalue weighted by Crippen LogP contribution is 2.30. The molecular formula is C12H15ClO3. The van der Waals surface area contributed by atoms with Crippen LogP contribution in [0.1, 0.15) is 26.7 Å². The Labute approximate surface area is 101 Å². The lowest BCUT2D eigenvalue weighted by molar-refractivity contribution is -0.157. The number of hydrogen-bond donors (Lipinski definition) is 0. The van der Waals surface area contributed by atoms with Crippen LogP contribution in [0.5, 0.6) is 0 Å². The summed E-state index contributed by atoms with van der Waals surface area (Å²) in [5, 5.41) is 0.141. The van der Waals surface area contributed by atoms with Crippen molar-refractivity contribution in [1.82, 2.24) is 0 Å². The van der Waals surface area contributed by atoms with Crippen molar-refractivity contribution >= 4 is 17.6 Å². The van der Waals surface area contributed by atoms with Gasteiger partial charge in [0, 0.05) is 5.57 Å². The molecular weight excluding hydrogens is 228 g/mol. The van der Waals surface area contributed by atoms with E-state index in [1.807, 2.05) is 0 Å². The van der Waals surface area contributed by atoms with Crippen molar-refractivity contribution in [3.05, 3.63) is 10.6 Å². The van der Waals surface area contributed by atoms with Crippen LogP contribution < -0.4 is 0 Å². The van der Waals surface area contributed by atoms with Gasteiger partial charge in [-0.15, -0.1) is 6.42 Å². The van der Waals surface area contributed by atoms with Gasteiger partial charge in [0.05, 0.1) is 0 Å². The van der Waals surface area contributed by atoms with Crippen LogP contribution in [0.15, 0.2) is 10.6 Å². The zero-order chi connectivity index (χ0) is 12.1. The molecule has 1 heterocycles. The van der Waals surface area contributed by atoms with Crippen LogP contribution in [0, 0.1) is 18.3 Å². The Kier molecular flexibility index (Phi) is 4.85. The monoisotopic (exact) mass is 242 g/mol. The predicted octanol–water partition coefficient (Wildman–Crippen LogP) is 2.45. The molecule has 0 saturated carbocycles. The van der Waals surface area contributed by atoms with Crippen molar-refractivity contribution in [2.24, 2.45) is 5.92 Å². The minimum Gasteiger partial charge on any atom is -0.427 e. The molecule has 0 radical (unpaired) electrons. The summed E-state index contributed by atoms with van der Waals surface area (Å²) >= 11 is 5.86. The zero-order valence-electron chi connectivity index (χ0n) is 9.46. The number of cyclic esters (lactones) is 1. The van der Waals surface area contributed by atoms with Gasteiger partial charge in [0.25, 0.3) is 0 Å². The Morgan fingerprint density at radius 1 is 1.62 bits per heavy atom. The first-order valence-electron chi connectivity index (χ1n) is 5.20. The van der Waals surface area contributed by atoms with E-state index in [0.29, 0.717) is 17.9 Å². The minimum absolute atomic E-state index is 0.104. The lowest BCUT2D eigenvalue weighted by atomic mass is 10.0. The fourth-order valence-electron chi connectivity index (χ4n) is 1.38. The average molecular weight is 243 g/mol. The maximum absolute atomic E-state index is 11.3. The van der Waals surface area contributed by atoms with Gasteiger partial charge in [-0.1, -0.05) is 31.4 Å². The van der Waals surface area contributed by atoms with Crippen LogP contribution in [0.4, 0.5) is 0 Å². The molecule has 0 saturated heterocycles. The third-order valence-corrected chi connectivity index (χ3v) is 2.67. The Bertz CT molecular complexity index is 339. The maximum atomic E-state index is 11.3. The molecule has 1 aliphatic rings. The van der Waals surface area contributed by atoms with Crippen LogP contribution in [-0.2, 0) is 14.3 Å². The second kappa shape index (κ2) is 5.93. The van der Waals surface area contributed by atoms with E-state index in [1.54, 1.807) is 0 Å². The summed E-state index contributed by atoms with van der Waals surface area (Å²) in [4.78, 5) is 11.3. The minimum atomic E-state index is -0.699. The third kappa shape index (κ3) is 3.26. The van der Waals surface area contributed by atoms with Gasteiger partial charge in [-0.05, 0) is 18.8 Å². The van der Waals surface area contributed by atoms with Gasteiger partial charge >= 0.3 is 5.97 Å². The number of ether oxygens (including phenoxy) is 2. The number of carbonyl (C=O) groups excluding carboxylic acids is 1. The lowest BCUT2D eigenvalue weighted by Crippen LogP contribution is -2.16. The topological polar surface area (TPSA) is 35.5 Å². The standard InChI is InChI=1S/C12H15ClO3/c1-4-7-15-12-9(6-5-8(2)3)10(13)11(14)16-12/h1,8,12H,5-7H2,2-3H3. The fourth-order valence-corrected chi connectivity index (χ4v) is 1.61. The maximum Gasteiger partial charge on any atom is 0.352 e. The average Bonchev–Trinajstić information content (AvgIpc) is 2.49. The highest BCUT2D eigenvalue weighted by Gasteiger charge is 2.33. The summed E-state index contributed by atoms with van der Waals surface area (Å²) < 4.78 is 10.2. The van der Waals surface area contributed by atoms with Gasteiger partial charge in [-0.2, -0.15) is 0 Å². The molecule has 1 unspecified atom stereocenters. The fraction of sp³-hybridized carbons (Fsp3) is 0.583. The van der Waals surface area contributed by atoms with E-state index in [1.165, 1.54) is 0 Å². The van der Waals surface area contributed by atoms with Crippen molar-refractivity contribution in [2.45, 2.75) is 33.0 Å². The molecule has 0 aromatic heterocycles. The molecule has 0 aromatic rings. The van der Waals surface area contributed by atoms with Gasteiger partial charge in [0.2, 0.25) is 6.29 Å². The Balaban J connectivity index is 2.65. The normalized spacial score (nSPS) is 20.2. The molecule has 4 heteroatoms. The first kappa shape index (κ1) is 13.1. The summed E-state index contributed by atoms with van der Waals surface area (Å²) in [5.74, 6) is 2.33. The first-order valence-corrected chi connectivity index (χ1v) is 5.58. The lowest BCUT2D eigenvalue weighted by Gasteiger charge is -2.13. The molecule has 1 atom stereocenters. The van der Waals surface area contributed by atoms with E-state index in [4.69, 9.17) is 27.5 Å². The molecule has 1 aliphatic heterocycles. The van der Waals surface area contributed by atoms with Crippen molar-refractivity contribution in [3.63, 3.8) is 0 Å². The number of terminal acetylenes is 1. The summed E-state index contributed by atoms with van der Waals surface area (Å²) in [6.07, 6.45) is 6.00. The summed E-state index contributed by atoms with van der Waals surface area (Å²) in [6, 6.07) is 0. The van der Waals surface area contributed by atoms with E-state index in [9.17, 15) is 4.79 Å². The number of rotatable bonds is 5. The van der Waals surface area contributed by atoms with Crippen molar-refractivity contribution in [3.8, 4) is 12.3 Å². The van der Waals surface area contributed by atoms with Gasteiger partial charge < -0.3 is 9.47 Å². The quantitative estimate of drug-likeness (QED) is 0.549. The van der Waals surface area contributed by atoms with E-state index in [2.05, 4.69) is 19.8 Å². The first-order chi connectivity index (χ1) is 7.56. The molecule has 0 aromatic carbocycles. The molecule has 0 fully saturated rings. The molecule has 16 heavy (non-hydrogen) atoms. The molecule has 88 valence electrons. The summed E-state index contributed by atoms with van der Waals surface area (Å²) in [6.45, 7) is 4.31. The van der Waals surface area contributed by atoms with Crippen LogP contribution in [0.2, 0.25) is 0 Å². The summed E-state index contributed by atoms with van der Waals surface area (Å²) in [7, 11) is 0. The smallest absolute Gasteiger partial charge is 0.352 e. The highest BCUT2D eigenvalue weighted by atomic mass is 35.5. The molecule has 0 N–H and O–H groups in total. The number of esters is 1.